The van der Waals surface area contributed by atoms with Crippen molar-refractivity contribution >= 4 is 5.78 Å². The maximum absolute atomic E-state index is 10.7. The SMILES string of the molecule is C#CC[N+]1(C)C=CC(=O)C=C1. The second-order valence-corrected chi connectivity index (χ2v) is 2.74. The van der Waals surface area contributed by atoms with Crippen molar-refractivity contribution in [2.45, 2.75) is 0 Å². The fourth-order valence-corrected chi connectivity index (χ4v) is 0.895. The van der Waals surface area contributed by atoms with E-state index in [1.54, 1.807) is 12.4 Å². The van der Waals surface area contributed by atoms with Gasteiger partial charge in [-0.05, 0) is 5.92 Å². The summed E-state index contributed by atoms with van der Waals surface area (Å²) in [5.74, 6) is 2.58. The van der Waals surface area contributed by atoms with Crippen LogP contribution in [-0.4, -0.2) is 23.9 Å². The Morgan fingerprint density at radius 2 is 2.09 bits per heavy atom. The van der Waals surface area contributed by atoms with Gasteiger partial charge in [0.05, 0.1) is 7.05 Å². The van der Waals surface area contributed by atoms with E-state index in [2.05, 4.69) is 5.92 Å². The van der Waals surface area contributed by atoms with E-state index in [1.807, 2.05) is 7.05 Å². The molecule has 0 aromatic carbocycles. The van der Waals surface area contributed by atoms with Gasteiger partial charge in [0.15, 0.2) is 5.78 Å². The van der Waals surface area contributed by atoms with Gasteiger partial charge in [-0.3, -0.25) is 9.28 Å². The maximum Gasteiger partial charge on any atom is 0.189 e. The van der Waals surface area contributed by atoms with Gasteiger partial charge in [0.2, 0.25) is 0 Å². The van der Waals surface area contributed by atoms with Gasteiger partial charge in [-0.1, -0.05) is 0 Å². The molecule has 1 aliphatic rings. The van der Waals surface area contributed by atoms with Crippen molar-refractivity contribution in [3.63, 3.8) is 0 Å². The van der Waals surface area contributed by atoms with Crippen LogP contribution in [0, 0.1) is 12.3 Å². The summed E-state index contributed by atoms with van der Waals surface area (Å²) in [4.78, 5) is 10.7. The third kappa shape index (κ3) is 1.79. The highest BCUT2D eigenvalue weighted by Crippen LogP contribution is 2.08. The standard InChI is InChI=1S/C9H10NO/c1-3-6-10(2)7-4-9(11)5-8-10/h1,4-5,7-8H,6H2,2H3/q+1. The van der Waals surface area contributed by atoms with Gasteiger partial charge in [0, 0.05) is 12.2 Å². The molecule has 0 atom stereocenters. The highest BCUT2D eigenvalue weighted by molar-refractivity contribution is 5.99. The zero-order valence-electron chi connectivity index (χ0n) is 6.45. The molecule has 0 aromatic rings. The second-order valence-electron chi connectivity index (χ2n) is 2.74. The molecule has 0 bridgehead atoms. The maximum atomic E-state index is 10.7. The Kier molecular flexibility index (Phi) is 1.93. The molecule has 11 heavy (non-hydrogen) atoms. The molecule has 0 saturated heterocycles. The van der Waals surface area contributed by atoms with Gasteiger partial charge >= 0.3 is 0 Å². The van der Waals surface area contributed by atoms with Gasteiger partial charge < -0.3 is 0 Å². The number of carbonyl (C=O) groups is 1. The molecule has 1 rings (SSSR count). The van der Waals surface area contributed by atoms with Crippen LogP contribution < -0.4 is 0 Å². The van der Waals surface area contributed by atoms with E-state index in [0.29, 0.717) is 11.0 Å². The van der Waals surface area contributed by atoms with Gasteiger partial charge in [-0.25, -0.2) is 0 Å². The smallest absolute Gasteiger partial charge is 0.189 e. The summed E-state index contributed by atoms with van der Waals surface area (Å²) in [7, 11) is 1.94. The van der Waals surface area contributed by atoms with Crippen LogP contribution in [0.5, 0.6) is 0 Å². The number of rotatable bonds is 1. The van der Waals surface area contributed by atoms with E-state index >= 15 is 0 Å². The largest absolute Gasteiger partial charge is 0.290 e. The van der Waals surface area contributed by atoms with Crippen molar-refractivity contribution in [2.24, 2.45) is 0 Å². The number of allylic oxidation sites excluding steroid dienone is 2. The van der Waals surface area contributed by atoms with E-state index in [0.717, 1.165) is 0 Å². The average molecular weight is 148 g/mol. The van der Waals surface area contributed by atoms with Crippen molar-refractivity contribution < 1.29 is 9.28 Å². The van der Waals surface area contributed by atoms with E-state index in [9.17, 15) is 4.79 Å². The summed E-state index contributed by atoms with van der Waals surface area (Å²) in [5.41, 5.74) is 0. The summed E-state index contributed by atoms with van der Waals surface area (Å²) in [6, 6.07) is 0. The van der Waals surface area contributed by atoms with Gasteiger partial charge in [0.25, 0.3) is 0 Å². The van der Waals surface area contributed by atoms with Gasteiger partial charge in [0.1, 0.15) is 18.9 Å². The van der Waals surface area contributed by atoms with Gasteiger partial charge in [-0.2, -0.15) is 0 Å². The Bertz CT molecular complexity index is 252. The number of hydrogen-bond acceptors (Lipinski definition) is 1. The Balaban J connectivity index is 2.78. The monoisotopic (exact) mass is 148 g/mol. The molecule has 0 N–H and O–H groups in total. The highest BCUT2D eigenvalue weighted by atomic mass is 16.1. The first kappa shape index (κ1) is 7.77. The number of carbonyl (C=O) groups excluding carboxylic acids is 1. The molecule has 0 spiro atoms. The van der Waals surface area contributed by atoms with Crippen LogP contribution in [0.3, 0.4) is 0 Å². The third-order valence-corrected chi connectivity index (χ3v) is 1.59. The molecule has 0 aliphatic carbocycles. The van der Waals surface area contributed by atoms with Crippen LogP contribution in [0.2, 0.25) is 0 Å². The van der Waals surface area contributed by atoms with E-state index in [1.165, 1.54) is 12.2 Å². The molecule has 2 heteroatoms. The molecule has 1 aliphatic heterocycles. The summed E-state index contributed by atoms with van der Waals surface area (Å²) < 4.78 is 0.516. The predicted octanol–water partition coefficient (Wildman–Crippen LogP) is 0.676. The lowest BCUT2D eigenvalue weighted by molar-refractivity contribution is -0.798. The zero-order chi connectivity index (χ0) is 8.32. The summed E-state index contributed by atoms with van der Waals surface area (Å²) in [5, 5.41) is 0. The van der Waals surface area contributed by atoms with Crippen molar-refractivity contribution in [3.05, 3.63) is 24.6 Å². The van der Waals surface area contributed by atoms with E-state index in [-0.39, 0.29) is 5.78 Å². The van der Waals surface area contributed by atoms with Crippen LogP contribution in [0.1, 0.15) is 0 Å². The molecule has 0 unspecified atom stereocenters. The van der Waals surface area contributed by atoms with Crippen LogP contribution in [0.15, 0.2) is 24.6 Å². The van der Waals surface area contributed by atoms with Crippen LogP contribution in [-0.2, 0) is 4.79 Å². The van der Waals surface area contributed by atoms with Gasteiger partial charge in [-0.15, -0.1) is 6.42 Å². The lowest BCUT2D eigenvalue weighted by Gasteiger charge is -2.24. The predicted molar refractivity (Wildman–Crippen MR) is 43.2 cm³/mol. The number of nitrogens with zero attached hydrogens (tertiary/aromatic N) is 1. The Morgan fingerprint density at radius 1 is 1.55 bits per heavy atom. The first-order valence-corrected chi connectivity index (χ1v) is 3.37. The highest BCUT2D eigenvalue weighted by Gasteiger charge is 2.17. The molecule has 0 radical (unpaired) electrons. The molecule has 0 saturated carbocycles. The Morgan fingerprint density at radius 3 is 2.55 bits per heavy atom. The molecule has 0 amide bonds. The minimum atomic E-state index is 0.0256. The zero-order valence-corrected chi connectivity index (χ0v) is 6.45. The molecule has 0 fully saturated rings. The number of ketones is 1. The van der Waals surface area contributed by atoms with Crippen molar-refractivity contribution in [1.82, 2.24) is 0 Å². The first-order chi connectivity index (χ1) is 5.16. The van der Waals surface area contributed by atoms with Crippen LogP contribution in [0.25, 0.3) is 0 Å². The summed E-state index contributed by atoms with van der Waals surface area (Å²) in [6.07, 6.45) is 11.8. The average Bonchev–Trinajstić information content (AvgIpc) is 1.97. The number of hydrogen-bond donors (Lipinski definition) is 0. The lowest BCUT2D eigenvalue weighted by atomic mass is 10.3. The number of terminal acetylenes is 1. The van der Waals surface area contributed by atoms with Crippen LogP contribution >= 0.6 is 0 Å². The fraction of sp³-hybridized carbons (Fsp3) is 0.222. The van der Waals surface area contributed by atoms with E-state index in [4.69, 9.17) is 6.42 Å². The molecular formula is C9H10NO+. The quantitative estimate of drug-likeness (QED) is 0.394. The first-order valence-electron chi connectivity index (χ1n) is 3.37. The molecule has 1 heterocycles. The summed E-state index contributed by atoms with van der Waals surface area (Å²) in [6.45, 7) is 0.584. The van der Waals surface area contributed by atoms with Crippen LogP contribution in [0.4, 0.5) is 0 Å². The lowest BCUT2D eigenvalue weighted by Crippen LogP contribution is -2.34. The Hall–Kier alpha value is -1.33. The Labute approximate surface area is 66.4 Å². The minimum Gasteiger partial charge on any atom is -0.290 e. The van der Waals surface area contributed by atoms with Crippen molar-refractivity contribution in [2.75, 3.05) is 13.6 Å². The van der Waals surface area contributed by atoms with Crippen molar-refractivity contribution in [3.8, 4) is 12.3 Å². The molecule has 2 nitrogen and oxygen atoms in total. The van der Waals surface area contributed by atoms with Crippen molar-refractivity contribution in [1.29, 1.82) is 0 Å². The molecular weight excluding hydrogens is 138 g/mol. The molecule has 0 aromatic heterocycles. The fourth-order valence-electron chi connectivity index (χ4n) is 0.895. The van der Waals surface area contributed by atoms with E-state index < -0.39 is 0 Å². The normalized spacial score (nSPS) is 19.8. The number of quaternary nitrogens is 1. The third-order valence-electron chi connectivity index (χ3n) is 1.59. The second kappa shape index (κ2) is 2.73. The topological polar surface area (TPSA) is 17.1 Å². The minimum absolute atomic E-state index is 0.0256. The summed E-state index contributed by atoms with van der Waals surface area (Å²) >= 11 is 0. The molecule has 56 valence electrons.